The minimum Gasteiger partial charge on any atom is -0.383 e. The largest absolute Gasteiger partial charge is 0.416 e. The molecular formula is C22H21F3N4O2S. The number of carbonyl (C=O) groups excluding carboxylic acids is 1. The van der Waals surface area contributed by atoms with Crippen LogP contribution in [0.4, 0.5) is 23.7 Å². The fourth-order valence-corrected chi connectivity index (χ4v) is 4.69. The summed E-state index contributed by atoms with van der Waals surface area (Å²) in [6, 6.07) is 7.62. The zero-order chi connectivity index (χ0) is 22.9. The molecule has 0 unspecified atom stereocenters. The molecule has 1 aliphatic rings. The van der Waals surface area contributed by atoms with Crippen molar-refractivity contribution in [2.24, 2.45) is 0 Å². The van der Waals surface area contributed by atoms with Crippen molar-refractivity contribution in [3.63, 3.8) is 0 Å². The first-order chi connectivity index (χ1) is 15.2. The van der Waals surface area contributed by atoms with Crippen LogP contribution in [0.3, 0.4) is 0 Å². The topological polar surface area (TPSA) is 78.4 Å². The molecule has 2 aromatic heterocycles. The third kappa shape index (κ3) is 4.61. The zero-order valence-electron chi connectivity index (χ0n) is 17.2. The van der Waals surface area contributed by atoms with Crippen LogP contribution in [0.15, 0.2) is 48.8 Å². The number of hydrogen-bond donors (Lipinski definition) is 2. The molecule has 0 aliphatic carbocycles. The van der Waals surface area contributed by atoms with E-state index in [1.807, 2.05) is 19.1 Å². The second-order valence-electron chi connectivity index (χ2n) is 7.69. The Bertz CT molecular complexity index is 1090. The van der Waals surface area contributed by atoms with Crippen LogP contribution in [0.25, 0.3) is 11.3 Å². The maximum atomic E-state index is 12.7. The number of hydrogen-bond acceptors (Lipinski definition) is 5. The minimum atomic E-state index is -4.43. The fourth-order valence-electron chi connectivity index (χ4n) is 3.60. The molecule has 6 nitrogen and oxygen atoms in total. The van der Waals surface area contributed by atoms with Gasteiger partial charge in [0.2, 0.25) is 0 Å². The number of aromatic nitrogens is 2. The summed E-state index contributed by atoms with van der Waals surface area (Å²) in [7, 11) is 0. The molecule has 1 aromatic carbocycles. The lowest BCUT2D eigenvalue weighted by Crippen LogP contribution is -2.46. The van der Waals surface area contributed by atoms with Crippen molar-refractivity contribution in [3.8, 4) is 11.3 Å². The first kappa shape index (κ1) is 22.2. The summed E-state index contributed by atoms with van der Waals surface area (Å²) in [5.74, 6) is 0. The summed E-state index contributed by atoms with van der Waals surface area (Å²) < 4.78 is 38.0. The summed E-state index contributed by atoms with van der Waals surface area (Å²) in [6.45, 7) is 2.53. The van der Waals surface area contributed by atoms with Crippen LogP contribution in [-0.2, 0) is 11.8 Å². The van der Waals surface area contributed by atoms with Gasteiger partial charge in [0, 0.05) is 54.5 Å². The summed E-state index contributed by atoms with van der Waals surface area (Å²) >= 11 is 1.43. The van der Waals surface area contributed by atoms with E-state index >= 15 is 0 Å². The molecule has 10 heteroatoms. The number of anilines is 1. The molecule has 1 saturated heterocycles. The molecule has 1 aliphatic heterocycles. The Morgan fingerprint density at radius 1 is 1.19 bits per heavy atom. The van der Waals surface area contributed by atoms with Crippen LogP contribution < -0.4 is 5.32 Å². The third-order valence-electron chi connectivity index (χ3n) is 5.47. The number of urea groups is 1. The Morgan fingerprint density at radius 2 is 1.88 bits per heavy atom. The smallest absolute Gasteiger partial charge is 0.383 e. The quantitative estimate of drug-likeness (QED) is 0.571. The Morgan fingerprint density at radius 3 is 2.47 bits per heavy atom. The van der Waals surface area contributed by atoms with E-state index in [1.165, 1.54) is 28.4 Å². The predicted molar refractivity (Wildman–Crippen MR) is 115 cm³/mol. The molecule has 3 heterocycles. The van der Waals surface area contributed by atoms with Gasteiger partial charge >= 0.3 is 12.2 Å². The van der Waals surface area contributed by atoms with Crippen molar-refractivity contribution >= 4 is 23.1 Å². The number of nitrogens with one attached hydrogen (secondary N) is 1. The van der Waals surface area contributed by atoms with Gasteiger partial charge in [-0.3, -0.25) is 4.98 Å². The molecule has 0 saturated carbocycles. The Balaban J connectivity index is 1.40. The van der Waals surface area contributed by atoms with Gasteiger partial charge in [-0.15, -0.1) is 11.3 Å². The lowest BCUT2D eigenvalue weighted by atomic mass is 9.92. The lowest BCUT2D eigenvalue weighted by molar-refractivity contribution is -0.137. The molecule has 2 amide bonds. The molecule has 0 atom stereocenters. The molecule has 4 rings (SSSR count). The highest BCUT2D eigenvalue weighted by molar-refractivity contribution is 7.12. The molecule has 2 N–H and O–H groups in total. The number of carbonyl (C=O) groups is 1. The van der Waals surface area contributed by atoms with E-state index in [2.05, 4.69) is 15.3 Å². The number of aliphatic hydroxyl groups is 1. The van der Waals surface area contributed by atoms with E-state index < -0.39 is 23.4 Å². The van der Waals surface area contributed by atoms with E-state index in [4.69, 9.17) is 0 Å². The van der Waals surface area contributed by atoms with Gasteiger partial charge in [0.1, 0.15) is 10.6 Å². The van der Waals surface area contributed by atoms with Gasteiger partial charge in [-0.25, -0.2) is 9.78 Å². The number of aryl methyl sites for hydroxylation is 1. The Kier molecular flexibility index (Phi) is 5.91. The highest BCUT2D eigenvalue weighted by Crippen LogP contribution is 2.39. The molecule has 168 valence electrons. The number of benzene rings is 1. The first-order valence-electron chi connectivity index (χ1n) is 10.00. The van der Waals surface area contributed by atoms with Crippen molar-refractivity contribution in [3.05, 3.63) is 64.2 Å². The zero-order valence-corrected chi connectivity index (χ0v) is 18.0. The number of rotatable bonds is 3. The Hall–Kier alpha value is -2.98. The number of alkyl halides is 3. The van der Waals surface area contributed by atoms with E-state index in [-0.39, 0.29) is 5.69 Å². The molecule has 3 aromatic rings. The number of amides is 2. The monoisotopic (exact) mass is 462 g/mol. The Labute approximate surface area is 186 Å². The van der Waals surface area contributed by atoms with Crippen LogP contribution in [0.2, 0.25) is 0 Å². The van der Waals surface area contributed by atoms with Gasteiger partial charge in [0.05, 0.1) is 11.3 Å². The van der Waals surface area contributed by atoms with Crippen LogP contribution in [0, 0.1) is 6.92 Å². The van der Waals surface area contributed by atoms with Crippen molar-refractivity contribution in [2.75, 3.05) is 18.4 Å². The average molecular weight is 462 g/mol. The molecule has 0 radical (unpaired) electrons. The lowest BCUT2D eigenvalue weighted by Gasteiger charge is -2.36. The second-order valence-corrected chi connectivity index (χ2v) is 8.89. The van der Waals surface area contributed by atoms with Gasteiger partial charge in [0.15, 0.2) is 0 Å². The fraction of sp³-hybridized carbons (Fsp3) is 0.318. The van der Waals surface area contributed by atoms with E-state index in [9.17, 15) is 23.1 Å². The minimum absolute atomic E-state index is 0.278. The average Bonchev–Trinajstić information content (AvgIpc) is 3.17. The maximum absolute atomic E-state index is 12.7. The van der Waals surface area contributed by atoms with Crippen LogP contribution in [0.1, 0.15) is 28.3 Å². The number of likely N-dealkylation sites (tertiary alicyclic amines) is 1. The molecule has 1 fully saturated rings. The highest BCUT2D eigenvalue weighted by Gasteiger charge is 2.38. The standard InChI is InChI=1S/C22H21F3N4O2S/c1-14-18(15-3-2-10-26-13-15)28-19(32-14)21(31)8-11-29(12-9-21)20(30)27-17-6-4-16(5-7-17)22(23,24)25/h2-7,10,13,31H,8-9,11-12H2,1H3,(H,27,30). The van der Waals surface area contributed by atoms with Gasteiger partial charge in [0.25, 0.3) is 0 Å². The molecule has 32 heavy (non-hydrogen) atoms. The normalized spacial score (nSPS) is 16.1. The molecule has 0 bridgehead atoms. The number of piperidine rings is 1. The van der Waals surface area contributed by atoms with E-state index in [1.54, 1.807) is 12.4 Å². The summed E-state index contributed by atoms with van der Waals surface area (Å²) in [5, 5.41) is 14.4. The van der Waals surface area contributed by atoms with Crippen molar-refractivity contribution in [1.82, 2.24) is 14.9 Å². The summed E-state index contributed by atoms with van der Waals surface area (Å²) in [6.07, 6.45) is -0.389. The van der Waals surface area contributed by atoms with Gasteiger partial charge in [-0.05, 0) is 43.3 Å². The van der Waals surface area contributed by atoms with Gasteiger partial charge in [-0.1, -0.05) is 0 Å². The first-order valence-corrected chi connectivity index (χ1v) is 10.8. The van der Waals surface area contributed by atoms with E-state index in [0.29, 0.717) is 30.9 Å². The van der Waals surface area contributed by atoms with Crippen molar-refractivity contribution in [2.45, 2.75) is 31.5 Å². The molecule has 0 spiro atoms. The predicted octanol–water partition coefficient (Wildman–Crippen LogP) is 5.05. The second kappa shape index (κ2) is 8.51. The third-order valence-corrected chi connectivity index (χ3v) is 6.64. The summed E-state index contributed by atoms with van der Waals surface area (Å²) in [4.78, 5) is 23.8. The van der Waals surface area contributed by atoms with Crippen molar-refractivity contribution in [1.29, 1.82) is 0 Å². The number of nitrogens with zero attached hydrogens (tertiary/aromatic N) is 3. The van der Waals surface area contributed by atoms with Crippen LogP contribution >= 0.6 is 11.3 Å². The van der Waals surface area contributed by atoms with Crippen molar-refractivity contribution < 1.29 is 23.1 Å². The highest BCUT2D eigenvalue weighted by atomic mass is 32.1. The van der Waals surface area contributed by atoms with Gasteiger partial charge in [-0.2, -0.15) is 13.2 Å². The van der Waals surface area contributed by atoms with E-state index in [0.717, 1.165) is 28.3 Å². The summed E-state index contributed by atoms with van der Waals surface area (Å²) in [5.41, 5.74) is 0.0305. The van der Waals surface area contributed by atoms with Crippen LogP contribution in [0.5, 0.6) is 0 Å². The number of halogens is 3. The maximum Gasteiger partial charge on any atom is 0.416 e. The SMILES string of the molecule is Cc1sc(C2(O)CCN(C(=O)Nc3ccc(C(F)(F)F)cc3)CC2)nc1-c1cccnc1. The molecular weight excluding hydrogens is 441 g/mol. The van der Waals surface area contributed by atoms with Crippen LogP contribution in [-0.4, -0.2) is 39.1 Å². The number of pyridine rings is 1. The van der Waals surface area contributed by atoms with Gasteiger partial charge < -0.3 is 15.3 Å². The number of thiazole rings is 1.